The van der Waals surface area contributed by atoms with Gasteiger partial charge in [-0.25, -0.2) is 9.48 Å². The van der Waals surface area contributed by atoms with Crippen LogP contribution in [0.1, 0.15) is 32.9 Å². The van der Waals surface area contributed by atoms with Gasteiger partial charge < -0.3 is 14.8 Å². The Hall–Kier alpha value is -3.66. The normalized spacial score (nSPS) is 11.4. The van der Waals surface area contributed by atoms with Gasteiger partial charge in [-0.2, -0.15) is 18.3 Å². The van der Waals surface area contributed by atoms with Crippen LogP contribution in [0.25, 0.3) is 5.69 Å². The van der Waals surface area contributed by atoms with Crippen LogP contribution in [0, 0.1) is 20.8 Å². The van der Waals surface area contributed by atoms with Crippen molar-refractivity contribution < 1.29 is 32.2 Å². The lowest BCUT2D eigenvalue weighted by Crippen LogP contribution is -2.21. The van der Waals surface area contributed by atoms with E-state index in [2.05, 4.69) is 15.2 Å². The van der Waals surface area contributed by atoms with Gasteiger partial charge in [0.2, 0.25) is 0 Å². The van der Waals surface area contributed by atoms with Crippen molar-refractivity contribution in [3.05, 3.63) is 76.6 Å². The summed E-state index contributed by atoms with van der Waals surface area (Å²) in [5.41, 5.74) is 4.47. The number of rotatable bonds is 8. The van der Waals surface area contributed by atoms with Crippen molar-refractivity contribution in [1.29, 1.82) is 0 Å². The van der Waals surface area contributed by atoms with E-state index in [0.717, 1.165) is 16.9 Å². The number of nitrogens with one attached hydrogen (secondary N) is 1. The Morgan fingerprint density at radius 2 is 1.65 bits per heavy atom. The maximum absolute atomic E-state index is 12.4. The number of anilines is 1. The summed E-state index contributed by atoms with van der Waals surface area (Å²) in [5, 5.41) is 7.19. The highest BCUT2D eigenvalue weighted by atomic mass is 19.4. The van der Waals surface area contributed by atoms with E-state index < -0.39 is 31.3 Å². The maximum atomic E-state index is 12.4. The summed E-state index contributed by atoms with van der Waals surface area (Å²) in [6.45, 7) is 3.46. The van der Waals surface area contributed by atoms with Crippen molar-refractivity contribution in [2.45, 2.75) is 33.6 Å². The molecule has 0 atom stereocenters. The van der Waals surface area contributed by atoms with Crippen LogP contribution in [0.3, 0.4) is 0 Å². The second-order valence-corrected chi connectivity index (χ2v) is 7.72. The lowest BCUT2D eigenvalue weighted by atomic mass is 10.1. The molecular weight excluding hydrogens is 451 g/mol. The van der Waals surface area contributed by atoms with E-state index in [1.54, 1.807) is 11.6 Å². The fourth-order valence-electron chi connectivity index (χ4n) is 3.17. The number of hydrogen-bond donors (Lipinski definition) is 1. The van der Waals surface area contributed by atoms with Crippen molar-refractivity contribution >= 4 is 17.6 Å². The van der Waals surface area contributed by atoms with Gasteiger partial charge in [-0.3, -0.25) is 4.79 Å². The smallest absolute Gasteiger partial charge is 0.411 e. The first kappa shape index (κ1) is 25.0. The fourth-order valence-corrected chi connectivity index (χ4v) is 3.17. The molecule has 1 amide bonds. The van der Waals surface area contributed by atoms with Crippen molar-refractivity contribution in [3.8, 4) is 5.69 Å². The van der Waals surface area contributed by atoms with E-state index in [9.17, 15) is 22.8 Å². The van der Waals surface area contributed by atoms with E-state index in [0.29, 0.717) is 16.9 Å². The number of esters is 1. The Labute approximate surface area is 194 Å². The number of nitrogens with zero attached hydrogens (tertiary/aromatic N) is 2. The SMILES string of the molecule is Cc1ccc(-n2nc(C)c(NC(=O)COC(=O)c3ccc(COCC(F)(F)F)cc3)c2C)cc1. The van der Waals surface area contributed by atoms with Crippen LogP contribution in [-0.4, -0.2) is 41.0 Å². The molecule has 34 heavy (non-hydrogen) atoms. The van der Waals surface area contributed by atoms with Crippen LogP contribution >= 0.6 is 0 Å². The van der Waals surface area contributed by atoms with E-state index in [-0.39, 0.29) is 12.2 Å². The minimum absolute atomic E-state index is 0.159. The average Bonchev–Trinajstić information content (AvgIpc) is 3.06. The van der Waals surface area contributed by atoms with Gasteiger partial charge in [0.05, 0.1) is 34.9 Å². The maximum Gasteiger partial charge on any atom is 0.411 e. The predicted molar refractivity (Wildman–Crippen MR) is 119 cm³/mol. The van der Waals surface area contributed by atoms with E-state index >= 15 is 0 Å². The van der Waals surface area contributed by atoms with Gasteiger partial charge in [0.25, 0.3) is 5.91 Å². The van der Waals surface area contributed by atoms with Crippen LogP contribution < -0.4 is 5.32 Å². The van der Waals surface area contributed by atoms with Crippen LogP contribution in [0.2, 0.25) is 0 Å². The molecule has 1 heterocycles. The summed E-state index contributed by atoms with van der Waals surface area (Å²) in [4.78, 5) is 24.6. The molecule has 0 aliphatic carbocycles. The summed E-state index contributed by atoms with van der Waals surface area (Å²) in [6.07, 6.45) is -4.40. The lowest BCUT2D eigenvalue weighted by Gasteiger charge is -2.09. The fraction of sp³-hybridized carbons (Fsp3) is 0.292. The number of carbonyl (C=O) groups excluding carboxylic acids is 2. The summed E-state index contributed by atoms with van der Waals surface area (Å²) < 4.78 is 47.7. The highest BCUT2D eigenvalue weighted by molar-refractivity contribution is 5.96. The number of ether oxygens (including phenoxy) is 2. The molecule has 1 N–H and O–H groups in total. The molecule has 10 heteroatoms. The highest BCUT2D eigenvalue weighted by Gasteiger charge is 2.27. The first-order valence-electron chi connectivity index (χ1n) is 10.4. The van der Waals surface area contributed by atoms with Crippen LogP contribution in [0.4, 0.5) is 18.9 Å². The number of alkyl halides is 3. The summed E-state index contributed by atoms with van der Waals surface area (Å²) in [6, 6.07) is 13.5. The van der Waals surface area contributed by atoms with Crippen molar-refractivity contribution in [2.24, 2.45) is 0 Å². The van der Waals surface area contributed by atoms with Crippen LogP contribution in [-0.2, 0) is 20.9 Å². The number of aryl methyl sites for hydroxylation is 2. The monoisotopic (exact) mass is 475 g/mol. The second-order valence-electron chi connectivity index (χ2n) is 7.72. The Morgan fingerprint density at radius 3 is 2.26 bits per heavy atom. The third-order valence-electron chi connectivity index (χ3n) is 4.89. The third-order valence-corrected chi connectivity index (χ3v) is 4.89. The molecule has 0 saturated heterocycles. The summed E-state index contributed by atoms with van der Waals surface area (Å²) in [7, 11) is 0. The van der Waals surface area contributed by atoms with E-state index in [1.165, 1.54) is 24.3 Å². The number of carbonyl (C=O) groups is 2. The third kappa shape index (κ3) is 6.67. The molecular formula is C24H24F3N3O4. The predicted octanol–water partition coefficient (Wildman–Crippen LogP) is 4.67. The second kappa shape index (κ2) is 10.5. The Balaban J connectivity index is 1.54. The Bertz CT molecular complexity index is 1150. The van der Waals surface area contributed by atoms with Gasteiger partial charge in [-0.05, 0) is 50.6 Å². The number of hydrogen-bond acceptors (Lipinski definition) is 5. The van der Waals surface area contributed by atoms with Gasteiger partial charge >= 0.3 is 12.1 Å². The molecule has 3 aromatic rings. The first-order chi connectivity index (χ1) is 16.0. The molecule has 0 unspecified atom stereocenters. The Kier molecular flexibility index (Phi) is 7.72. The van der Waals surface area contributed by atoms with Crippen molar-refractivity contribution in [3.63, 3.8) is 0 Å². The molecule has 0 aliphatic rings. The van der Waals surface area contributed by atoms with E-state index in [4.69, 9.17) is 4.74 Å². The van der Waals surface area contributed by atoms with Crippen LogP contribution in [0.5, 0.6) is 0 Å². The van der Waals surface area contributed by atoms with Crippen molar-refractivity contribution in [1.82, 2.24) is 9.78 Å². The zero-order valence-electron chi connectivity index (χ0n) is 18.9. The molecule has 0 saturated carbocycles. The summed E-state index contributed by atoms with van der Waals surface area (Å²) >= 11 is 0. The number of halogens is 3. The molecule has 0 spiro atoms. The minimum Gasteiger partial charge on any atom is -0.452 e. The highest BCUT2D eigenvalue weighted by Crippen LogP contribution is 2.23. The standard InChI is InChI=1S/C24H24F3N3O4/c1-15-4-10-20(11-5-15)30-17(3)22(16(2)29-30)28-21(31)13-34-23(32)19-8-6-18(7-9-19)12-33-14-24(25,26)27/h4-11H,12-14H2,1-3H3,(H,28,31). The molecule has 1 aromatic heterocycles. The van der Waals surface area contributed by atoms with E-state index in [1.807, 2.05) is 38.1 Å². The van der Waals surface area contributed by atoms with Crippen LogP contribution in [0.15, 0.2) is 48.5 Å². The Morgan fingerprint density at radius 1 is 1.00 bits per heavy atom. The van der Waals surface area contributed by atoms with Gasteiger partial charge in [-0.1, -0.05) is 29.8 Å². The molecule has 3 rings (SSSR count). The first-order valence-corrected chi connectivity index (χ1v) is 10.4. The molecule has 0 radical (unpaired) electrons. The van der Waals surface area contributed by atoms with Gasteiger partial charge in [0.1, 0.15) is 6.61 Å². The number of aromatic nitrogens is 2. The van der Waals surface area contributed by atoms with Gasteiger partial charge in [0.15, 0.2) is 6.61 Å². The largest absolute Gasteiger partial charge is 0.452 e. The zero-order valence-corrected chi connectivity index (χ0v) is 18.9. The summed E-state index contributed by atoms with van der Waals surface area (Å²) in [5.74, 6) is -1.26. The zero-order chi connectivity index (χ0) is 24.9. The molecule has 0 bridgehead atoms. The number of amides is 1. The molecule has 0 fully saturated rings. The average molecular weight is 475 g/mol. The number of benzene rings is 2. The van der Waals surface area contributed by atoms with Crippen molar-refractivity contribution in [2.75, 3.05) is 18.5 Å². The van der Waals surface area contributed by atoms with Gasteiger partial charge in [0, 0.05) is 0 Å². The lowest BCUT2D eigenvalue weighted by molar-refractivity contribution is -0.176. The molecule has 7 nitrogen and oxygen atoms in total. The minimum atomic E-state index is -4.40. The molecule has 2 aromatic carbocycles. The quantitative estimate of drug-likeness (QED) is 0.479. The topological polar surface area (TPSA) is 82.5 Å². The molecule has 180 valence electrons. The molecule has 0 aliphatic heterocycles. The van der Waals surface area contributed by atoms with Gasteiger partial charge in [-0.15, -0.1) is 0 Å².